The zero-order valence-corrected chi connectivity index (χ0v) is 21.7. The van der Waals surface area contributed by atoms with Gasteiger partial charge >= 0.3 is 0 Å². The molecule has 180 valence electrons. The van der Waals surface area contributed by atoms with Crippen LogP contribution in [0.3, 0.4) is 0 Å². The predicted octanol–water partition coefficient (Wildman–Crippen LogP) is 6.53. The quantitative estimate of drug-likeness (QED) is 0.229. The smallest absolute Gasteiger partial charge is 0.282 e. The normalized spacial score (nSPS) is 12.2. The first-order chi connectivity index (χ1) is 17.0. The Morgan fingerprint density at radius 3 is 2.57 bits per heavy atom. The van der Waals surface area contributed by atoms with Crippen molar-refractivity contribution >= 4 is 33.0 Å². The molecule has 0 fully saturated rings. The number of ether oxygens (including phenoxy) is 2. The van der Waals surface area contributed by atoms with Crippen molar-refractivity contribution in [2.75, 3.05) is 6.61 Å². The van der Waals surface area contributed by atoms with Gasteiger partial charge < -0.3 is 9.47 Å². The molecular formula is C28H28BrN3O3. The molecule has 0 saturated carbocycles. The van der Waals surface area contributed by atoms with Gasteiger partial charge in [0.05, 0.1) is 23.7 Å². The van der Waals surface area contributed by atoms with Gasteiger partial charge in [-0.15, -0.1) is 0 Å². The molecular weight excluding hydrogens is 506 g/mol. The second-order valence-electron chi connectivity index (χ2n) is 8.22. The number of hydrogen-bond acceptors (Lipinski definition) is 5. The van der Waals surface area contributed by atoms with Crippen molar-refractivity contribution in [2.24, 2.45) is 5.10 Å². The molecule has 4 aromatic rings. The first-order valence-electron chi connectivity index (χ1n) is 11.7. The van der Waals surface area contributed by atoms with Crippen LogP contribution in [0.4, 0.5) is 0 Å². The van der Waals surface area contributed by atoms with Crippen molar-refractivity contribution in [3.8, 4) is 11.5 Å². The Morgan fingerprint density at radius 1 is 1.03 bits per heavy atom. The summed E-state index contributed by atoms with van der Waals surface area (Å²) < 4.78 is 14.0. The van der Waals surface area contributed by atoms with E-state index in [2.05, 4.69) is 28.0 Å². The molecule has 0 unspecified atom stereocenters. The second kappa shape index (κ2) is 11.3. The Morgan fingerprint density at radius 2 is 1.83 bits per heavy atom. The lowest BCUT2D eigenvalue weighted by Gasteiger charge is -2.14. The lowest BCUT2D eigenvalue weighted by Crippen LogP contribution is -2.23. The van der Waals surface area contributed by atoms with Crippen molar-refractivity contribution in [3.63, 3.8) is 0 Å². The highest BCUT2D eigenvalue weighted by Crippen LogP contribution is 2.29. The molecule has 1 heterocycles. The molecule has 0 N–H and O–H groups in total. The van der Waals surface area contributed by atoms with Crippen LogP contribution in [0, 0.1) is 0 Å². The number of aromatic nitrogens is 2. The largest absolute Gasteiger partial charge is 0.490 e. The molecule has 0 radical (unpaired) electrons. The maximum Gasteiger partial charge on any atom is 0.282 e. The van der Waals surface area contributed by atoms with E-state index >= 15 is 0 Å². The van der Waals surface area contributed by atoms with Crippen LogP contribution in [0.5, 0.6) is 11.5 Å². The number of hydrogen-bond donors (Lipinski definition) is 0. The van der Waals surface area contributed by atoms with Crippen molar-refractivity contribution in [1.29, 1.82) is 0 Å². The lowest BCUT2D eigenvalue weighted by atomic mass is 10.1. The molecule has 7 heteroatoms. The summed E-state index contributed by atoms with van der Waals surface area (Å²) in [7, 11) is 0. The van der Waals surface area contributed by atoms with Gasteiger partial charge in [0.2, 0.25) is 0 Å². The van der Waals surface area contributed by atoms with Gasteiger partial charge in [-0.3, -0.25) is 4.79 Å². The Kier molecular flexibility index (Phi) is 7.98. The molecule has 3 aromatic carbocycles. The Labute approximate surface area is 213 Å². The van der Waals surface area contributed by atoms with Gasteiger partial charge in [0.1, 0.15) is 12.4 Å². The number of fused-ring (bicyclic) bond motifs is 1. The summed E-state index contributed by atoms with van der Waals surface area (Å²) in [6.07, 6.45) is 2.49. The highest BCUT2D eigenvalue weighted by Gasteiger charge is 2.16. The fourth-order valence-corrected chi connectivity index (χ4v) is 3.99. The first kappa shape index (κ1) is 24.7. The molecule has 0 aliphatic carbocycles. The summed E-state index contributed by atoms with van der Waals surface area (Å²) in [5.74, 6) is 1.99. The van der Waals surface area contributed by atoms with Crippen LogP contribution in [0.25, 0.3) is 10.9 Å². The van der Waals surface area contributed by atoms with Gasteiger partial charge in [-0.2, -0.15) is 9.78 Å². The maximum atomic E-state index is 13.3. The van der Waals surface area contributed by atoms with Crippen molar-refractivity contribution in [3.05, 3.63) is 98.5 Å². The number of rotatable bonds is 9. The summed E-state index contributed by atoms with van der Waals surface area (Å²) in [6.45, 7) is 6.99. The number of benzene rings is 3. The van der Waals surface area contributed by atoms with E-state index < -0.39 is 0 Å². The molecule has 0 saturated heterocycles. The van der Waals surface area contributed by atoms with Gasteiger partial charge in [-0.25, -0.2) is 4.98 Å². The summed E-state index contributed by atoms with van der Waals surface area (Å²) in [5, 5.41) is 5.07. The van der Waals surface area contributed by atoms with Gasteiger partial charge in [-0.05, 0) is 60.9 Å². The van der Waals surface area contributed by atoms with E-state index in [0.717, 1.165) is 22.0 Å². The van der Waals surface area contributed by atoms with E-state index in [0.29, 0.717) is 41.4 Å². The maximum absolute atomic E-state index is 13.3. The minimum Gasteiger partial charge on any atom is -0.490 e. The molecule has 4 rings (SSSR count). The lowest BCUT2D eigenvalue weighted by molar-refractivity contribution is 0.269. The molecule has 6 nitrogen and oxygen atoms in total. The molecule has 0 amide bonds. The minimum atomic E-state index is -0.198. The molecule has 0 aliphatic rings. The molecule has 1 atom stereocenters. The van der Waals surface area contributed by atoms with E-state index in [9.17, 15) is 4.79 Å². The van der Waals surface area contributed by atoms with Crippen LogP contribution in [-0.2, 0) is 6.61 Å². The summed E-state index contributed by atoms with van der Waals surface area (Å²) in [6, 6.07) is 21.1. The van der Waals surface area contributed by atoms with Crippen LogP contribution >= 0.6 is 15.9 Å². The average molecular weight is 534 g/mol. The topological polar surface area (TPSA) is 65.7 Å². The fraction of sp³-hybridized carbons (Fsp3) is 0.250. The standard InChI is InChI=1S/C28H28BrN3O3/c1-4-19(3)27-31-24-13-12-22(29)16-23(24)28(33)32(27)30-17-21-11-14-25(26(15-21)34-5-2)35-18-20-9-7-6-8-10-20/h6-17,19H,4-5,18H2,1-3H3/t19-/m0/s1. The number of nitrogens with zero attached hydrogens (tertiary/aromatic N) is 3. The zero-order valence-electron chi connectivity index (χ0n) is 20.1. The van der Waals surface area contributed by atoms with Gasteiger partial charge in [-0.1, -0.05) is 60.1 Å². The third-order valence-corrected chi connectivity index (χ3v) is 6.21. The van der Waals surface area contributed by atoms with E-state index in [1.807, 2.05) is 74.5 Å². The first-order valence-corrected chi connectivity index (χ1v) is 12.5. The van der Waals surface area contributed by atoms with Crippen LogP contribution in [0.2, 0.25) is 0 Å². The van der Waals surface area contributed by atoms with Crippen molar-refractivity contribution in [2.45, 2.75) is 39.7 Å². The molecule has 0 bridgehead atoms. The van der Waals surface area contributed by atoms with Crippen LogP contribution < -0.4 is 15.0 Å². The second-order valence-corrected chi connectivity index (χ2v) is 9.13. The zero-order chi connectivity index (χ0) is 24.8. The Balaban J connectivity index is 1.68. The minimum absolute atomic E-state index is 0.0700. The highest BCUT2D eigenvalue weighted by molar-refractivity contribution is 9.10. The number of halogens is 1. The van der Waals surface area contributed by atoms with E-state index in [-0.39, 0.29) is 11.5 Å². The van der Waals surface area contributed by atoms with Crippen LogP contribution in [0.1, 0.15) is 50.1 Å². The van der Waals surface area contributed by atoms with E-state index in [1.54, 1.807) is 12.3 Å². The third kappa shape index (κ3) is 5.80. The van der Waals surface area contributed by atoms with E-state index in [1.165, 1.54) is 4.68 Å². The highest BCUT2D eigenvalue weighted by atomic mass is 79.9. The molecule has 1 aromatic heterocycles. The third-order valence-electron chi connectivity index (χ3n) is 5.71. The summed E-state index contributed by atoms with van der Waals surface area (Å²) in [4.78, 5) is 18.1. The summed E-state index contributed by atoms with van der Waals surface area (Å²) >= 11 is 3.44. The average Bonchev–Trinajstić information content (AvgIpc) is 2.88. The fourth-order valence-electron chi connectivity index (χ4n) is 3.63. The van der Waals surface area contributed by atoms with Gasteiger partial charge in [0, 0.05) is 10.4 Å². The van der Waals surface area contributed by atoms with E-state index in [4.69, 9.17) is 14.5 Å². The Bertz CT molecular complexity index is 1400. The predicted molar refractivity (Wildman–Crippen MR) is 144 cm³/mol. The van der Waals surface area contributed by atoms with Gasteiger partial charge in [0.15, 0.2) is 11.5 Å². The van der Waals surface area contributed by atoms with Crippen LogP contribution in [-0.4, -0.2) is 22.5 Å². The van der Waals surface area contributed by atoms with Crippen LogP contribution in [0.15, 0.2) is 81.1 Å². The van der Waals surface area contributed by atoms with Gasteiger partial charge in [0.25, 0.3) is 5.56 Å². The van der Waals surface area contributed by atoms with Crippen molar-refractivity contribution in [1.82, 2.24) is 9.66 Å². The monoisotopic (exact) mass is 533 g/mol. The summed E-state index contributed by atoms with van der Waals surface area (Å²) in [5.41, 5.74) is 2.33. The molecule has 35 heavy (non-hydrogen) atoms. The Hall–Kier alpha value is -3.45. The van der Waals surface area contributed by atoms with Crippen molar-refractivity contribution < 1.29 is 9.47 Å². The molecule has 0 spiro atoms. The molecule has 0 aliphatic heterocycles. The SMILES string of the molecule is CCOc1cc(C=Nn2c([C@@H](C)CC)nc3ccc(Br)cc3c2=O)ccc1OCc1ccccc1.